The van der Waals surface area contributed by atoms with Crippen LogP contribution in [-0.2, 0) is 19.1 Å². The van der Waals surface area contributed by atoms with Crippen molar-refractivity contribution in [2.45, 2.75) is 38.9 Å². The summed E-state index contributed by atoms with van der Waals surface area (Å²) in [6.45, 7) is 3.91. The summed E-state index contributed by atoms with van der Waals surface area (Å²) in [6, 6.07) is 9.43. The van der Waals surface area contributed by atoms with E-state index in [1.165, 1.54) is 7.11 Å². The van der Waals surface area contributed by atoms with Gasteiger partial charge in [-0.3, -0.25) is 4.79 Å². The summed E-state index contributed by atoms with van der Waals surface area (Å²) in [7, 11) is 1.31. The van der Waals surface area contributed by atoms with Gasteiger partial charge in [-0.15, -0.1) is 0 Å². The fourth-order valence-electron chi connectivity index (χ4n) is 2.96. The molecule has 0 spiro atoms. The van der Waals surface area contributed by atoms with Gasteiger partial charge >= 0.3 is 5.97 Å². The van der Waals surface area contributed by atoms with Crippen LogP contribution in [-0.4, -0.2) is 41.0 Å². The van der Waals surface area contributed by atoms with Crippen LogP contribution < -0.4 is 5.32 Å². The number of rotatable bonds is 4. The number of hydrogen-bond acceptors (Lipinski definition) is 5. The average Bonchev–Trinajstić information content (AvgIpc) is 3.21. The molecule has 3 rings (SSSR count). The number of amides is 1. The number of anilines is 1. The van der Waals surface area contributed by atoms with Crippen LogP contribution in [0.4, 0.5) is 5.69 Å². The Morgan fingerprint density at radius 3 is 2.68 bits per heavy atom. The topological polar surface area (TPSA) is 82.5 Å². The van der Waals surface area contributed by atoms with Gasteiger partial charge in [-0.1, -0.05) is 6.07 Å². The molecule has 2 heterocycles. The second-order valence-corrected chi connectivity index (χ2v) is 6.09. The molecule has 1 amide bonds. The predicted molar refractivity (Wildman–Crippen MR) is 91.6 cm³/mol. The summed E-state index contributed by atoms with van der Waals surface area (Å²) >= 11 is 0. The molecule has 7 heteroatoms. The van der Waals surface area contributed by atoms with Crippen molar-refractivity contribution >= 4 is 17.6 Å². The first-order valence-electron chi connectivity index (χ1n) is 8.16. The third-order valence-electron chi connectivity index (χ3n) is 4.14. The van der Waals surface area contributed by atoms with Crippen molar-refractivity contribution < 1.29 is 19.1 Å². The minimum Gasteiger partial charge on any atom is -0.467 e. The van der Waals surface area contributed by atoms with Crippen LogP contribution in [0.25, 0.3) is 5.69 Å². The third-order valence-corrected chi connectivity index (χ3v) is 4.14. The highest BCUT2D eigenvalue weighted by atomic mass is 16.6. The monoisotopic (exact) mass is 343 g/mol. The molecule has 1 fully saturated rings. The summed E-state index contributed by atoms with van der Waals surface area (Å²) in [5, 5.41) is 7.29. The molecule has 1 saturated heterocycles. The van der Waals surface area contributed by atoms with Crippen molar-refractivity contribution in [2.75, 3.05) is 12.4 Å². The smallest absolute Gasteiger partial charge is 0.335 e. The third kappa shape index (κ3) is 3.71. The maximum absolute atomic E-state index is 12.4. The molecule has 1 aliphatic rings. The molecule has 1 aromatic carbocycles. The van der Waals surface area contributed by atoms with E-state index in [1.54, 1.807) is 6.07 Å². The minimum atomic E-state index is -0.665. The second-order valence-electron chi connectivity index (χ2n) is 6.09. The fraction of sp³-hybridized carbons (Fsp3) is 0.389. The highest BCUT2D eigenvalue weighted by Gasteiger charge is 2.35. The Morgan fingerprint density at radius 1 is 1.24 bits per heavy atom. The standard InChI is InChI=1S/C18H21N3O4/c1-11-9-12(2)21(20-11)14-6-4-5-13(10-14)19-17(22)15-7-8-16(25-15)18(23)24-3/h4-6,9-10,15-16H,7-8H2,1-3H3,(H,19,22)/t15-,16-/m1/s1. The van der Waals surface area contributed by atoms with E-state index < -0.39 is 18.2 Å². The number of nitrogens with one attached hydrogen (secondary N) is 1. The van der Waals surface area contributed by atoms with Crippen molar-refractivity contribution in [1.82, 2.24) is 9.78 Å². The number of ether oxygens (including phenoxy) is 2. The van der Waals surface area contributed by atoms with Crippen LogP contribution in [0.5, 0.6) is 0 Å². The Balaban J connectivity index is 1.69. The largest absolute Gasteiger partial charge is 0.467 e. The van der Waals surface area contributed by atoms with Crippen LogP contribution in [0.3, 0.4) is 0 Å². The number of nitrogens with zero attached hydrogens (tertiary/aromatic N) is 2. The summed E-state index contributed by atoms with van der Waals surface area (Å²) in [4.78, 5) is 23.9. The fourth-order valence-corrected chi connectivity index (χ4v) is 2.96. The average molecular weight is 343 g/mol. The molecule has 0 saturated carbocycles. The number of aromatic nitrogens is 2. The van der Waals surface area contributed by atoms with Gasteiger partial charge in [0.05, 0.1) is 18.5 Å². The van der Waals surface area contributed by atoms with E-state index in [4.69, 9.17) is 4.74 Å². The van der Waals surface area contributed by atoms with Crippen LogP contribution in [0.15, 0.2) is 30.3 Å². The van der Waals surface area contributed by atoms with E-state index in [1.807, 2.05) is 42.8 Å². The molecule has 0 bridgehead atoms. The zero-order valence-electron chi connectivity index (χ0n) is 14.5. The minimum absolute atomic E-state index is 0.267. The molecular formula is C18H21N3O4. The molecule has 7 nitrogen and oxygen atoms in total. The summed E-state index contributed by atoms with van der Waals surface area (Å²) in [5.41, 5.74) is 3.46. The zero-order chi connectivity index (χ0) is 18.0. The van der Waals surface area contributed by atoms with Crippen molar-refractivity contribution in [3.63, 3.8) is 0 Å². The maximum atomic E-state index is 12.4. The predicted octanol–water partition coefficient (Wildman–Crippen LogP) is 2.15. The van der Waals surface area contributed by atoms with E-state index >= 15 is 0 Å². The zero-order valence-corrected chi connectivity index (χ0v) is 14.5. The molecule has 1 aliphatic heterocycles. The van der Waals surface area contributed by atoms with Crippen molar-refractivity contribution in [1.29, 1.82) is 0 Å². The van der Waals surface area contributed by atoms with Gasteiger partial charge in [-0.05, 0) is 51.0 Å². The van der Waals surface area contributed by atoms with Gasteiger partial charge in [0.2, 0.25) is 0 Å². The van der Waals surface area contributed by atoms with E-state index in [0.29, 0.717) is 18.5 Å². The van der Waals surface area contributed by atoms with Crippen molar-refractivity contribution in [3.8, 4) is 5.69 Å². The lowest BCUT2D eigenvalue weighted by Gasteiger charge is -2.13. The lowest BCUT2D eigenvalue weighted by molar-refractivity contribution is -0.154. The van der Waals surface area contributed by atoms with E-state index in [2.05, 4.69) is 15.2 Å². The maximum Gasteiger partial charge on any atom is 0.335 e. The molecule has 2 atom stereocenters. The number of carbonyl (C=O) groups is 2. The van der Waals surface area contributed by atoms with Crippen molar-refractivity contribution in [3.05, 3.63) is 41.7 Å². The normalized spacial score (nSPS) is 19.6. The van der Waals surface area contributed by atoms with Crippen LogP contribution in [0, 0.1) is 13.8 Å². The highest BCUT2D eigenvalue weighted by molar-refractivity contribution is 5.95. The quantitative estimate of drug-likeness (QED) is 0.860. The molecule has 1 aromatic heterocycles. The van der Waals surface area contributed by atoms with E-state index in [0.717, 1.165) is 17.1 Å². The second kappa shape index (κ2) is 7.06. The molecule has 25 heavy (non-hydrogen) atoms. The lowest BCUT2D eigenvalue weighted by atomic mass is 10.2. The molecule has 2 aromatic rings. The SMILES string of the molecule is COC(=O)[C@H]1CC[C@H](C(=O)Nc2cccc(-n3nc(C)cc3C)c2)O1. The Bertz CT molecular complexity index is 799. The first-order chi connectivity index (χ1) is 12.0. The Kier molecular flexibility index (Phi) is 4.85. The first-order valence-corrected chi connectivity index (χ1v) is 8.16. The van der Waals surface area contributed by atoms with Crippen LogP contribution >= 0.6 is 0 Å². The van der Waals surface area contributed by atoms with Gasteiger partial charge in [-0.25, -0.2) is 9.48 Å². The van der Waals surface area contributed by atoms with Gasteiger partial charge in [-0.2, -0.15) is 5.10 Å². The molecule has 1 N–H and O–H groups in total. The Labute approximate surface area is 145 Å². The number of aryl methyl sites for hydroxylation is 2. The van der Waals surface area contributed by atoms with Gasteiger partial charge in [0.25, 0.3) is 5.91 Å². The lowest BCUT2D eigenvalue weighted by Crippen LogP contribution is -2.30. The van der Waals surface area contributed by atoms with Crippen LogP contribution in [0.1, 0.15) is 24.2 Å². The van der Waals surface area contributed by atoms with Crippen molar-refractivity contribution in [2.24, 2.45) is 0 Å². The molecule has 132 valence electrons. The summed E-state index contributed by atoms with van der Waals surface area (Å²) in [5.74, 6) is -0.709. The van der Waals surface area contributed by atoms with Gasteiger partial charge in [0.1, 0.15) is 6.10 Å². The molecule has 0 aliphatic carbocycles. The molecular weight excluding hydrogens is 322 g/mol. The van der Waals surface area contributed by atoms with E-state index in [9.17, 15) is 9.59 Å². The Morgan fingerprint density at radius 2 is 2.00 bits per heavy atom. The first kappa shape index (κ1) is 17.2. The summed E-state index contributed by atoms with van der Waals surface area (Å²) in [6.07, 6.45) is -0.345. The molecule has 0 radical (unpaired) electrons. The number of benzene rings is 1. The molecule has 0 unspecified atom stereocenters. The number of carbonyl (C=O) groups excluding carboxylic acids is 2. The van der Waals surface area contributed by atoms with Crippen LogP contribution in [0.2, 0.25) is 0 Å². The Hall–Kier alpha value is -2.67. The number of esters is 1. The van der Waals surface area contributed by atoms with Gasteiger partial charge in [0, 0.05) is 11.4 Å². The number of hydrogen-bond donors (Lipinski definition) is 1. The van der Waals surface area contributed by atoms with E-state index in [-0.39, 0.29) is 5.91 Å². The number of methoxy groups -OCH3 is 1. The van der Waals surface area contributed by atoms with Gasteiger partial charge < -0.3 is 14.8 Å². The highest BCUT2D eigenvalue weighted by Crippen LogP contribution is 2.23. The summed E-state index contributed by atoms with van der Waals surface area (Å²) < 4.78 is 12.0. The van der Waals surface area contributed by atoms with Gasteiger partial charge in [0.15, 0.2) is 6.10 Å².